The maximum atomic E-state index is 12.5. The first-order chi connectivity index (χ1) is 11.3. The topological polar surface area (TPSA) is 51.7 Å². The van der Waals surface area contributed by atoms with Gasteiger partial charge in [-0.1, -0.05) is 12.1 Å². The number of methoxy groups -OCH3 is 1. The Kier molecular flexibility index (Phi) is 4.88. The second kappa shape index (κ2) is 7.24. The lowest BCUT2D eigenvalue weighted by Crippen LogP contribution is -2.46. The van der Waals surface area contributed by atoms with Crippen LogP contribution >= 0.6 is 0 Å². The number of nitrogens with zero attached hydrogens (tertiary/aromatic N) is 2. The molecule has 2 aromatic rings. The molecule has 0 spiro atoms. The highest BCUT2D eigenvalue weighted by atomic mass is 16.5. The Labute approximate surface area is 135 Å². The van der Waals surface area contributed by atoms with Crippen molar-refractivity contribution in [3.8, 4) is 5.75 Å². The van der Waals surface area contributed by atoms with Gasteiger partial charge in [-0.2, -0.15) is 0 Å². The molecule has 5 nitrogen and oxygen atoms in total. The predicted molar refractivity (Wildman–Crippen MR) is 86.6 cm³/mol. The predicted octanol–water partition coefficient (Wildman–Crippen LogP) is 2.17. The van der Waals surface area contributed by atoms with Crippen LogP contribution in [0.25, 0.3) is 0 Å². The van der Waals surface area contributed by atoms with E-state index in [1.54, 1.807) is 31.6 Å². The summed E-state index contributed by atoms with van der Waals surface area (Å²) in [7, 11) is 1.66. The molecule has 1 aliphatic rings. The molecule has 3 rings (SSSR count). The van der Waals surface area contributed by atoms with E-state index in [0.29, 0.717) is 25.3 Å². The zero-order valence-electron chi connectivity index (χ0n) is 13.1. The number of pyridine rings is 1. The van der Waals surface area contributed by atoms with E-state index in [-0.39, 0.29) is 12.0 Å². The van der Waals surface area contributed by atoms with Crippen LogP contribution in [0, 0.1) is 0 Å². The fraction of sp³-hybridized carbons (Fsp3) is 0.333. The van der Waals surface area contributed by atoms with Crippen LogP contribution in [0.2, 0.25) is 0 Å². The Morgan fingerprint density at radius 2 is 2.30 bits per heavy atom. The number of carbonyl (C=O) groups is 1. The van der Waals surface area contributed by atoms with Crippen molar-refractivity contribution in [2.75, 3.05) is 26.8 Å². The Balaban J connectivity index is 1.65. The molecule has 0 radical (unpaired) electrons. The second-order valence-electron chi connectivity index (χ2n) is 5.54. The third-order valence-corrected chi connectivity index (χ3v) is 3.93. The van der Waals surface area contributed by atoms with Gasteiger partial charge in [-0.15, -0.1) is 0 Å². The number of amides is 1. The van der Waals surface area contributed by atoms with Gasteiger partial charge in [-0.25, -0.2) is 0 Å². The maximum Gasteiger partial charge on any atom is 0.255 e. The van der Waals surface area contributed by atoms with E-state index in [2.05, 4.69) is 4.98 Å². The lowest BCUT2D eigenvalue weighted by atomic mass is 10.1. The molecule has 1 amide bonds. The van der Waals surface area contributed by atoms with Gasteiger partial charge in [0.05, 0.1) is 25.4 Å². The fourth-order valence-electron chi connectivity index (χ4n) is 2.76. The molecule has 23 heavy (non-hydrogen) atoms. The van der Waals surface area contributed by atoms with Gasteiger partial charge < -0.3 is 14.4 Å². The summed E-state index contributed by atoms with van der Waals surface area (Å²) in [5.74, 6) is 0.846. The molecule has 0 unspecified atom stereocenters. The molecule has 0 N–H and O–H groups in total. The van der Waals surface area contributed by atoms with Crippen molar-refractivity contribution in [2.45, 2.75) is 12.5 Å². The summed E-state index contributed by atoms with van der Waals surface area (Å²) in [6.07, 6.45) is 4.03. The number of morpholine rings is 1. The highest BCUT2D eigenvalue weighted by molar-refractivity contribution is 5.93. The van der Waals surface area contributed by atoms with Crippen molar-refractivity contribution in [3.05, 3.63) is 59.9 Å². The molecule has 0 aliphatic carbocycles. The monoisotopic (exact) mass is 312 g/mol. The molecule has 0 bridgehead atoms. The van der Waals surface area contributed by atoms with E-state index in [9.17, 15) is 4.79 Å². The normalized spacial score (nSPS) is 17.8. The van der Waals surface area contributed by atoms with E-state index in [1.165, 1.54) is 0 Å². The van der Waals surface area contributed by atoms with Crippen LogP contribution in [0.4, 0.5) is 0 Å². The standard InChI is InChI=1S/C18H20N2O3/c1-22-16-6-2-4-14(10-16)11-17-13-20(8-9-23-17)18(21)15-5-3-7-19-12-15/h2-7,10,12,17H,8-9,11,13H2,1H3/t17-/m0/s1. The third kappa shape index (κ3) is 3.87. The summed E-state index contributed by atoms with van der Waals surface area (Å²) in [4.78, 5) is 18.4. The summed E-state index contributed by atoms with van der Waals surface area (Å²) < 4.78 is 11.1. The summed E-state index contributed by atoms with van der Waals surface area (Å²) >= 11 is 0. The van der Waals surface area contributed by atoms with Gasteiger partial charge in [-0.3, -0.25) is 9.78 Å². The minimum atomic E-state index is -0.00326. The van der Waals surface area contributed by atoms with Crippen molar-refractivity contribution >= 4 is 5.91 Å². The van der Waals surface area contributed by atoms with E-state index in [4.69, 9.17) is 9.47 Å². The molecule has 1 aromatic carbocycles. The minimum absolute atomic E-state index is 0.00326. The Bertz CT molecular complexity index is 660. The summed E-state index contributed by atoms with van der Waals surface area (Å²) in [6.45, 7) is 1.76. The molecule has 0 saturated carbocycles. The largest absolute Gasteiger partial charge is 0.497 e. The smallest absolute Gasteiger partial charge is 0.255 e. The number of hydrogen-bond acceptors (Lipinski definition) is 4. The van der Waals surface area contributed by atoms with Crippen LogP contribution in [0.1, 0.15) is 15.9 Å². The van der Waals surface area contributed by atoms with Gasteiger partial charge in [0.2, 0.25) is 0 Å². The average Bonchev–Trinajstić information content (AvgIpc) is 2.62. The molecular formula is C18H20N2O3. The average molecular weight is 312 g/mol. The van der Waals surface area contributed by atoms with Gasteiger partial charge in [0.15, 0.2) is 0 Å². The van der Waals surface area contributed by atoms with Crippen molar-refractivity contribution < 1.29 is 14.3 Å². The maximum absolute atomic E-state index is 12.5. The lowest BCUT2D eigenvalue weighted by molar-refractivity contribution is -0.0208. The van der Waals surface area contributed by atoms with Gasteiger partial charge in [0, 0.05) is 31.9 Å². The third-order valence-electron chi connectivity index (χ3n) is 3.93. The van der Waals surface area contributed by atoms with Crippen LogP contribution in [-0.4, -0.2) is 48.7 Å². The van der Waals surface area contributed by atoms with Crippen molar-refractivity contribution in [3.63, 3.8) is 0 Å². The van der Waals surface area contributed by atoms with Crippen LogP contribution in [0.15, 0.2) is 48.8 Å². The second-order valence-corrected chi connectivity index (χ2v) is 5.54. The van der Waals surface area contributed by atoms with Gasteiger partial charge in [0.1, 0.15) is 5.75 Å². The highest BCUT2D eigenvalue weighted by Crippen LogP contribution is 2.18. The number of carbonyl (C=O) groups excluding carboxylic acids is 1. The quantitative estimate of drug-likeness (QED) is 0.868. The summed E-state index contributed by atoms with van der Waals surface area (Å²) in [6, 6.07) is 11.5. The van der Waals surface area contributed by atoms with Crippen LogP contribution in [0.5, 0.6) is 5.75 Å². The molecule has 5 heteroatoms. The summed E-state index contributed by atoms with van der Waals surface area (Å²) in [5.41, 5.74) is 1.76. The fourth-order valence-corrected chi connectivity index (χ4v) is 2.76. The molecule has 1 saturated heterocycles. The molecule has 1 fully saturated rings. The Morgan fingerprint density at radius 3 is 3.09 bits per heavy atom. The van der Waals surface area contributed by atoms with Crippen LogP contribution < -0.4 is 4.74 Å². The van der Waals surface area contributed by atoms with E-state index in [0.717, 1.165) is 17.7 Å². The number of rotatable bonds is 4. The Morgan fingerprint density at radius 1 is 1.39 bits per heavy atom. The first-order valence-electron chi connectivity index (χ1n) is 7.70. The lowest BCUT2D eigenvalue weighted by Gasteiger charge is -2.33. The van der Waals surface area contributed by atoms with Crippen molar-refractivity contribution in [1.82, 2.24) is 9.88 Å². The van der Waals surface area contributed by atoms with Crippen LogP contribution in [-0.2, 0) is 11.2 Å². The zero-order valence-corrected chi connectivity index (χ0v) is 13.1. The SMILES string of the molecule is COc1cccc(C[C@H]2CN(C(=O)c3cccnc3)CCO2)c1. The minimum Gasteiger partial charge on any atom is -0.497 e. The molecule has 2 heterocycles. The van der Waals surface area contributed by atoms with E-state index in [1.807, 2.05) is 29.2 Å². The van der Waals surface area contributed by atoms with E-state index >= 15 is 0 Å². The Hall–Kier alpha value is -2.40. The van der Waals surface area contributed by atoms with Crippen molar-refractivity contribution in [1.29, 1.82) is 0 Å². The molecular weight excluding hydrogens is 292 g/mol. The van der Waals surface area contributed by atoms with Crippen LogP contribution in [0.3, 0.4) is 0 Å². The molecule has 1 aliphatic heterocycles. The first kappa shape index (κ1) is 15.5. The molecule has 120 valence electrons. The number of benzene rings is 1. The van der Waals surface area contributed by atoms with Gasteiger partial charge >= 0.3 is 0 Å². The van der Waals surface area contributed by atoms with Gasteiger partial charge in [-0.05, 0) is 29.8 Å². The zero-order chi connectivity index (χ0) is 16.1. The number of hydrogen-bond donors (Lipinski definition) is 0. The van der Waals surface area contributed by atoms with Crippen molar-refractivity contribution in [2.24, 2.45) is 0 Å². The molecule has 1 aromatic heterocycles. The molecule has 1 atom stereocenters. The van der Waals surface area contributed by atoms with Gasteiger partial charge in [0.25, 0.3) is 5.91 Å². The highest BCUT2D eigenvalue weighted by Gasteiger charge is 2.25. The number of aromatic nitrogens is 1. The summed E-state index contributed by atoms with van der Waals surface area (Å²) in [5, 5.41) is 0. The van der Waals surface area contributed by atoms with E-state index < -0.39 is 0 Å². The number of ether oxygens (including phenoxy) is 2. The first-order valence-corrected chi connectivity index (χ1v) is 7.70.